The quantitative estimate of drug-likeness (QED) is 0.796. The van der Waals surface area contributed by atoms with Crippen LogP contribution < -0.4 is 10.9 Å². The lowest BCUT2D eigenvalue weighted by Gasteiger charge is -2.03. The molecule has 0 aliphatic rings. The summed E-state index contributed by atoms with van der Waals surface area (Å²) in [4.78, 5) is 15.6. The summed E-state index contributed by atoms with van der Waals surface area (Å²) >= 11 is 0. The summed E-state index contributed by atoms with van der Waals surface area (Å²) in [6.45, 7) is 0.493. The third-order valence-corrected chi connectivity index (χ3v) is 2.22. The van der Waals surface area contributed by atoms with E-state index >= 15 is 0 Å². The van der Waals surface area contributed by atoms with Gasteiger partial charge in [0.05, 0.1) is 12.2 Å². The predicted octanol–water partition coefficient (Wildman–Crippen LogP) is 0.126. The topological polar surface area (TPSA) is 64.7 Å². The Morgan fingerprint density at radius 2 is 2.19 bits per heavy atom. The first-order valence-corrected chi connectivity index (χ1v) is 4.91. The minimum atomic E-state index is -0.140. The fraction of sp³-hybridized carbons (Fsp3) is 0.300. The molecule has 0 saturated heterocycles. The predicted molar refractivity (Wildman–Crippen MR) is 60.0 cm³/mol. The molecular weight excluding hydrogens is 206 g/mol. The average Bonchev–Trinajstić information content (AvgIpc) is 2.67. The molecule has 6 heteroatoms. The standard InChI is InChI=1S/C10H13N5O/c1-14-6-4-11-9(10(14)16)12-7-8-3-5-15(2)13-8/h3-6H,7H2,1-2H3,(H,11,12). The lowest BCUT2D eigenvalue weighted by atomic mass is 10.4. The summed E-state index contributed by atoms with van der Waals surface area (Å²) in [6.07, 6.45) is 5.06. The van der Waals surface area contributed by atoms with Crippen LogP contribution in [0.4, 0.5) is 5.82 Å². The van der Waals surface area contributed by atoms with Crippen LogP contribution in [0.3, 0.4) is 0 Å². The fourth-order valence-corrected chi connectivity index (χ4v) is 1.35. The van der Waals surface area contributed by atoms with Gasteiger partial charge in [-0.25, -0.2) is 4.98 Å². The monoisotopic (exact) mass is 219 g/mol. The van der Waals surface area contributed by atoms with Crippen LogP contribution in [0.2, 0.25) is 0 Å². The average molecular weight is 219 g/mol. The summed E-state index contributed by atoms with van der Waals surface area (Å²) in [5.74, 6) is 0.343. The van der Waals surface area contributed by atoms with Crippen LogP contribution in [-0.4, -0.2) is 19.3 Å². The van der Waals surface area contributed by atoms with Crippen LogP contribution in [0.25, 0.3) is 0 Å². The van der Waals surface area contributed by atoms with Crippen molar-refractivity contribution < 1.29 is 0 Å². The van der Waals surface area contributed by atoms with E-state index in [2.05, 4.69) is 15.4 Å². The van der Waals surface area contributed by atoms with E-state index in [0.29, 0.717) is 12.4 Å². The van der Waals surface area contributed by atoms with E-state index in [9.17, 15) is 4.79 Å². The zero-order chi connectivity index (χ0) is 11.5. The second-order valence-electron chi connectivity index (χ2n) is 3.53. The van der Waals surface area contributed by atoms with Gasteiger partial charge in [-0.1, -0.05) is 0 Å². The van der Waals surface area contributed by atoms with Crippen LogP contribution in [0, 0.1) is 0 Å². The van der Waals surface area contributed by atoms with Crippen molar-refractivity contribution in [2.45, 2.75) is 6.54 Å². The molecule has 0 saturated carbocycles. The molecule has 2 heterocycles. The lowest BCUT2D eigenvalue weighted by molar-refractivity contribution is 0.746. The molecule has 0 amide bonds. The molecule has 0 aromatic carbocycles. The number of anilines is 1. The highest BCUT2D eigenvalue weighted by atomic mass is 16.1. The minimum Gasteiger partial charge on any atom is -0.360 e. The van der Waals surface area contributed by atoms with Gasteiger partial charge in [-0.2, -0.15) is 5.10 Å². The Kier molecular flexibility index (Phi) is 2.72. The van der Waals surface area contributed by atoms with Gasteiger partial charge in [-0.05, 0) is 6.07 Å². The summed E-state index contributed by atoms with van der Waals surface area (Å²) in [6, 6.07) is 1.89. The van der Waals surface area contributed by atoms with Crippen LogP contribution in [0.5, 0.6) is 0 Å². The maximum absolute atomic E-state index is 11.6. The van der Waals surface area contributed by atoms with Gasteiger partial charge in [0.15, 0.2) is 5.82 Å². The van der Waals surface area contributed by atoms with Crippen molar-refractivity contribution in [3.63, 3.8) is 0 Å². The maximum Gasteiger partial charge on any atom is 0.293 e. The number of rotatable bonds is 3. The highest BCUT2D eigenvalue weighted by Gasteiger charge is 2.02. The van der Waals surface area contributed by atoms with Gasteiger partial charge in [0, 0.05) is 32.7 Å². The van der Waals surface area contributed by atoms with Crippen molar-refractivity contribution in [1.29, 1.82) is 0 Å². The number of nitrogens with zero attached hydrogens (tertiary/aromatic N) is 4. The zero-order valence-electron chi connectivity index (χ0n) is 9.21. The van der Waals surface area contributed by atoms with E-state index < -0.39 is 0 Å². The Balaban J connectivity index is 2.11. The van der Waals surface area contributed by atoms with Crippen molar-refractivity contribution in [2.24, 2.45) is 14.1 Å². The number of aryl methyl sites for hydroxylation is 2. The summed E-state index contributed by atoms with van der Waals surface area (Å²) in [5.41, 5.74) is 0.730. The van der Waals surface area contributed by atoms with Crippen molar-refractivity contribution in [3.8, 4) is 0 Å². The van der Waals surface area contributed by atoms with Crippen LogP contribution in [-0.2, 0) is 20.6 Å². The summed E-state index contributed by atoms with van der Waals surface area (Å²) in [7, 11) is 3.54. The van der Waals surface area contributed by atoms with E-state index in [0.717, 1.165) is 5.69 Å². The molecule has 16 heavy (non-hydrogen) atoms. The first-order chi connectivity index (χ1) is 7.66. The molecule has 0 spiro atoms. The molecule has 84 valence electrons. The Morgan fingerprint density at radius 1 is 1.38 bits per heavy atom. The van der Waals surface area contributed by atoms with Crippen molar-refractivity contribution in [2.75, 3.05) is 5.32 Å². The van der Waals surface area contributed by atoms with E-state index in [1.165, 1.54) is 4.57 Å². The van der Waals surface area contributed by atoms with E-state index in [4.69, 9.17) is 0 Å². The molecule has 0 aliphatic heterocycles. The molecular formula is C10H13N5O. The number of hydrogen-bond donors (Lipinski definition) is 1. The van der Waals surface area contributed by atoms with Crippen LogP contribution in [0.15, 0.2) is 29.5 Å². The third-order valence-electron chi connectivity index (χ3n) is 2.22. The first kappa shape index (κ1) is 10.4. The Bertz CT molecular complexity index is 542. The Labute approximate surface area is 92.6 Å². The first-order valence-electron chi connectivity index (χ1n) is 4.91. The molecule has 1 N–H and O–H groups in total. The Morgan fingerprint density at radius 3 is 2.88 bits per heavy atom. The molecule has 2 aromatic heterocycles. The molecule has 0 aliphatic carbocycles. The second-order valence-corrected chi connectivity index (χ2v) is 3.53. The van der Waals surface area contributed by atoms with E-state index in [1.54, 1.807) is 24.1 Å². The highest BCUT2D eigenvalue weighted by Crippen LogP contribution is 1.98. The molecule has 2 aromatic rings. The largest absolute Gasteiger partial charge is 0.360 e. The van der Waals surface area contributed by atoms with Gasteiger partial charge >= 0.3 is 0 Å². The minimum absolute atomic E-state index is 0.140. The normalized spacial score (nSPS) is 10.4. The van der Waals surface area contributed by atoms with Gasteiger partial charge in [0.25, 0.3) is 5.56 Å². The lowest BCUT2D eigenvalue weighted by Crippen LogP contribution is -2.21. The van der Waals surface area contributed by atoms with Crippen molar-refractivity contribution in [3.05, 3.63) is 40.7 Å². The molecule has 0 bridgehead atoms. The Hall–Kier alpha value is -2.11. The van der Waals surface area contributed by atoms with Crippen molar-refractivity contribution >= 4 is 5.82 Å². The summed E-state index contributed by atoms with van der Waals surface area (Å²) < 4.78 is 3.20. The molecule has 0 fully saturated rings. The molecule has 0 radical (unpaired) electrons. The van der Waals surface area contributed by atoms with Crippen LogP contribution in [0.1, 0.15) is 5.69 Å². The van der Waals surface area contributed by atoms with Crippen molar-refractivity contribution in [1.82, 2.24) is 19.3 Å². The van der Waals surface area contributed by atoms with Gasteiger partial charge in [0.2, 0.25) is 0 Å². The molecule has 2 rings (SSSR count). The van der Waals surface area contributed by atoms with Crippen LogP contribution >= 0.6 is 0 Å². The molecule has 0 atom stereocenters. The molecule has 0 unspecified atom stereocenters. The molecule has 6 nitrogen and oxygen atoms in total. The summed E-state index contributed by atoms with van der Waals surface area (Å²) in [5, 5.41) is 7.16. The number of nitrogens with one attached hydrogen (secondary N) is 1. The van der Waals surface area contributed by atoms with Gasteiger partial charge in [0.1, 0.15) is 0 Å². The number of aromatic nitrogens is 4. The van der Waals surface area contributed by atoms with Gasteiger partial charge < -0.3 is 9.88 Å². The van der Waals surface area contributed by atoms with E-state index in [-0.39, 0.29) is 5.56 Å². The third kappa shape index (κ3) is 2.10. The smallest absolute Gasteiger partial charge is 0.293 e. The second kappa shape index (κ2) is 4.18. The van der Waals surface area contributed by atoms with E-state index in [1.807, 2.05) is 19.3 Å². The SMILES string of the molecule is Cn1ccc(CNc2nccn(C)c2=O)n1. The maximum atomic E-state index is 11.6. The fourth-order valence-electron chi connectivity index (χ4n) is 1.35. The number of hydrogen-bond acceptors (Lipinski definition) is 4. The van der Waals surface area contributed by atoms with Gasteiger partial charge in [-0.3, -0.25) is 9.48 Å². The highest BCUT2D eigenvalue weighted by molar-refractivity contribution is 5.31. The zero-order valence-corrected chi connectivity index (χ0v) is 9.21. The van der Waals surface area contributed by atoms with Gasteiger partial charge in [-0.15, -0.1) is 0 Å².